The topological polar surface area (TPSA) is 20.2 Å². The SMILES string of the molecule is CC1=CC(C)C(c2ccccc2C(C)O)=C1C.[Cl-].[Cl-].[Ti+2]. The molecule has 0 aromatic heterocycles. The van der Waals surface area contributed by atoms with E-state index >= 15 is 0 Å². The van der Waals surface area contributed by atoms with Crippen LogP contribution in [0.2, 0.25) is 0 Å². The van der Waals surface area contributed by atoms with Crippen molar-refractivity contribution in [2.45, 2.75) is 33.8 Å². The summed E-state index contributed by atoms with van der Waals surface area (Å²) < 4.78 is 0. The second-order valence-corrected chi connectivity index (χ2v) is 4.94. The number of aliphatic hydroxyl groups is 1. The monoisotopic (exact) mass is 346 g/mol. The molecule has 0 spiro atoms. The maximum atomic E-state index is 9.86. The quantitative estimate of drug-likeness (QED) is 0.621. The molecule has 1 aliphatic rings. The zero-order valence-electron chi connectivity index (χ0n) is 12.2. The number of allylic oxidation sites excluding steroid dienone is 4. The van der Waals surface area contributed by atoms with Gasteiger partial charge in [0.05, 0.1) is 6.10 Å². The maximum Gasteiger partial charge on any atom is 2.00 e. The first-order valence-corrected chi connectivity index (χ1v) is 6.19. The van der Waals surface area contributed by atoms with E-state index < -0.39 is 6.10 Å². The second kappa shape index (κ2) is 9.07. The summed E-state index contributed by atoms with van der Waals surface area (Å²) in [6.45, 7) is 8.37. The third kappa shape index (κ3) is 4.22. The van der Waals surface area contributed by atoms with E-state index in [1.54, 1.807) is 0 Å². The predicted molar refractivity (Wildman–Crippen MR) is 72.6 cm³/mol. The molecule has 108 valence electrons. The third-order valence-electron chi connectivity index (χ3n) is 3.65. The fourth-order valence-corrected chi connectivity index (χ4v) is 2.69. The van der Waals surface area contributed by atoms with Crippen molar-refractivity contribution in [1.29, 1.82) is 0 Å². The van der Waals surface area contributed by atoms with E-state index in [4.69, 9.17) is 0 Å². The maximum absolute atomic E-state index is 9.86. The second-order valence-electron chi connectivity index (χ2n) is 4.94. The summed E-state index contributed by atoms with van der Waals surface area (Å²) in [6, 6.07) is 8.16. The van der Waals surface area contributed by atoms with Crippen LogP contribution in [0.25, 0.3) is 5.57 Å². The first-order chi connectivity index (χ1) is 8.02. The molecule has 1 aromatic rings. The van der Waals surface area contributed by atoms with E-state index in [0.717, 1.165) is 5.56 Å². The molecule has 2 atom stereocenters. The molecule has 0 bridgehead atoms. The smallest absolute Gasteiger partial charge is 1.00 e. The first kappa shape index (κ1) is 22.2. The van der Waals surface area contributed by atoms with Crippen LogP contribution in [0.5, 0.6) is 0 Å². The summed E-state index contributed by atoms with van der Waals surface area (Å²) in [5, 5.41) is 9.86. The summed E-state index contributed by atoms with van der Waals surface area (Å²) >= 11 is 0. The van der Waals surface area contributed by atoms with Gasteiger partial charge in [-0.1, -0.05) is 42.8 Å². The first-order valence-electron chi connectivity index (χ1n) is 6.19. The summed E-state index contributed by atoms with van der Waals surface area (Å²) in [7, 11) is 0. The summed E-state index contributed by atoms with van der Waals surface area (Å²) in [4.78, 5) is 0. The van der Waals surface area contributed by atoms with Gasteiger partial charge in [0.25, 0.3) is 0 Å². The molecule has 1 N–H and O–H groups in total. The molecular formula is C16H20Cl2OTi. The minimum Gasteiger partial charge on any atom is -1.00 e. The molecule has 0 saturated heterocycles. The Morgan fingerprint density at radius 1 is 1.10 bits per heavy atom. The van der Waals surface area contributed by atoms with Crippen LogP contribution >= 0.6 is 0 Å². The van der Waals surface area contributed by atoms with Crippen LogP contribution in [-0.4, -0.2) is 5.11 Å². The van der Waals surface area contributed by atoms with Gasteiger partial charge in [-0.05, 0) is 43.0 Å². The molecular weight excluding hydrogens is 327 g/mol. The molecule has 0 fully saturated rings. The molecule has 4 heteroatoms. The Balaban J connectivity index is 0. The number of hydrogen-bond acceptors (Lipinski definition) is 1. The van der Waals surface area contributed by atoms with Crippen molar-refractivity contribution in [3.05, 3.63) is 52.6 Å². The Morgan fingerprint density at radius 3 is 2.10 bits per heavy atom. The molecule has 2 rings (SSSR count). The van der Waals surface area contributed by atoms with Crippen LogP contribution < -0.4 is 24.8 Å². The van der Waals surface area contributed by atoms with Gasteiger partial charge in [0.1, 0.15) is 0 Å². The van der Waals surface area contributed by atoms with Crippen LogP contribution in [0.4, 0.5) is 0 Å². The van der Waals surface area contributed by atoms with Crippen molar-refractivity contribution in [2.24, 2.45) is 5.92 Å². The summed E-state index contributed by atoms with van der Waals surface area (Å²) in [5.41, 5.74) is 6.29. The molecule has 0 amide bonds. The van der Waals surface area contributed by atoms with Crippen molar-refractivity contribution in [2.75, 3.05) is 0 Å². The van der Waals surface area contributed by atoms with Crippen molar-refractivity contribution < 1.29 is 51.6 Å². The Morgan fingerprint density at radius 2 is 1.65 bits per heavy atom. The Labute approximate surface area is 149 Å². The average Bonchev–Trinajstić information content (AvgIpc) is 2.53. The fourth-order valence-electron chi connectivity index (χ4n) is 2.69. The largest absolute Gasteiger partial charge is 2.00 e. The van der Waals surface area contributed by atoms with E-state index in [0.29, 0.717) is 5.92 Å². The van der Waals surface area contributed by atoms with Crippen LogP contribution in [0.3, 0.4) is 0 Å². The van der Waals surface area contributed by atoms with Crippen molar-refractivity contribution in [3.8, 4) is 0 Å². The van der Waals surface area contributed by atoms with Gasteiger partial charge in [-0.15, -0.1) is 0 Å². The van der Waals surface area contributed by atoms with Crippen molar-refractivity contribution >= 4 is 5.57 Å². The zero-order valence-corrected chi connectivity index (χ0v) is 15.3. The van der Waals surface area contributed by atoms with Gasteiger partial charge in [-0.3, -0.25) is 0 Å². The Hall–Kier alpha value is -0.0457. The molecule has 0 radical (unpaired) electrons. The van der Waals surface area contributed by atoms with Gasteiger partial charge in [0, 0.05) is 5.92 Å². The van der Waals surface area contributed by atoms with Gasteiger partial charge < -0.3 is 29.9 Å². The van der Waals surface area contributed by atoms with Crippen LogP contribution in [0.1, 0.15) is 44.9 Å². The number of rotatable bonds is 2. The van der Waals surface area contributed by atoms with Crippen LogP contribution in [0.15, 0.2) is 41.5 Å². The number of halogens is 2. The summed E-state index contributed by atoms with van der Waals surface area (Å²) in [5.74, 6) is 0.440. The van der Waals surface area contributed by atoms with Gasteiger partial charge in [0.15, 0.2) is 0 Å². The molecule has 2 unspecified atom stereocenters. The molecule has 1 nitrogen and oxygen atoms in total. The van der Waals surface area contributed by atoms with Crippen LogP contribution in [-0.2, 0) is 21.7 Å². The predicted octanol–water partition coefficient (Wildman–Crippen LogP) is -1.89. The Bertz CT molecular complexity index is 507. The minimum absolute atomic E-state index is 0. The van der Waals surface area contributed by atoms with Gasteiger partial charge in [-0.25, -0.2) is 0 Å². The van der Waals surface area contributed by atoms with Crippen LogP contribution in [0, 0.1) is 5.92 Å². The zero-order chi connectivity index (χ0) is 12.6. The van der Waals surface area contributed by atoms with Gasteiger partial charge in [0.2, 0.25) is 0 Å². The number of hydrogen-bond donors (Lipinski definition) is 1. The standard InChI is InChI=1S/C16H20O.2ClH.Ti/c1-10-9-11(2)16(12(10)3)15-8-6-5-7-14(15)13(4)17;;;/h5-9,11,13,17H,1-4H3;2*1H;/q;;;+2/p-2. The molecule has 0 saturated carbocycles. The van der Waals surface area contributed by atoms with E-state index in [2.05, 4.69) is 32.9 Å². The van der Waals surface area contributed by atoms with Crippen molar-refractivity contribution in [3.63, 3.8) is 0 Å². The van der Waals surface area contributed by atoms with Crippen molar-refractivity contribution in [1.82, 2.24) is 0 Å². The van der Waals surface area contributed by atoms with E-state index in [1.165, 1.54) is 22.3 Å². The van der Waals surface area contributed by atoms with Gasteiger partial charge >= 0.3 is 21.7 Å². The molecule has 0 heterocycles. The average molecular weight is 347 g/mol. The van der Waals surface area contributed by atoms with E-state index in [1.807, 2.05) is 25.1 Å². The van der Waals surface area contributed by atoms with E-state index in [-0.39, 0.29) is 46.5 Å². The fraction of sp³-hybridized carbons (Fsp3) is 0.375. The molecule has 0 aliphatic heterocycles. The minimum atomic E-state index is -0.417. The normalized spacial score (nSPS) is 18.4. The molecule has 1 aromatic carbocycles. The third-order valence-corrected chi connectivity index (χ3v) is 3.65. The van der Waals surface area contributed by atoms with E-state index in [9.17, 15) is 5.11 Å². The molecule has 20 heavy (non-hydrogen) atoms. The number of aliphatic hydroxyl groups excluding tert-OH is 1. The molecule has 1 aliphatic carbocycles. The Kier molecular flexibility index (Phi) is 10.1. The number of benzene rings is 1. The summed E-state index contributed by atoms with van der Waals surface area (Å²) in [6.07, 6.45) is 1.88. The van der Waals surface area contributed by atoms with Gasteiger partial charge in [-0.2, -0.15) is 0 Å².